The van der Waals surface area contributed by atoms with Crippen LogP contribution in [0.2, 0.25) is 0 Å². The molecule has 1 unspecified atom stereocenters. The van der Waals surface area contributed by atoms with Gasteiger partial charge in [-0.2, -0.15) is 0 Å². The molecule has 3 aliphatic rings. The molecule has 1 atom stereocenters. The summed E-state index contributed by atoms with van der Waals surface area (Å²) in [5.74, 6) is 0. The summed E-state index contributed by atoms with van der Waals surface area (Å²) < 4.78 is 0.518. The third-order valence-corrected chi connectivity index (χ3v) is 4.05. The summed E-state index contributed by atoms with van der Waals surface area (Å²) in [4.78, 5) is 0. The van der Waals surface area contributed by atoms with Crippen molar-refractivity contribution in [3.8, 4) is 0 Å². The van der Waals surface area contributed by atoms with Gasteiger partial charge in [-0.15, -0.1) is 0 Å². The van der Waals surface area contributed by atoms with Crippen molar-refractivity contribution in [2.24, 2.45) is 0 Å². The van der Waals surface area contributed by atoms with Crippen molar-refractivity contribution in [2.45, 2.75) is 29.1 Å². The van der Waals surface area contributed by atoms with E-state index in [0.717, 1.165) is 0 Å². The van der Waals surface area contributed by atoms with Crippen LogP contribution in [0, 0.1) is 0 Å². The lowest BCUT2D eigenvalue weighted by atomic mass is 9.88. The molecule has 3 aliphatic carbocycles. The van der Waals surface area contributed by atoms with E-state index in [4.69, 9.17) is 0 Å². The topological polar surface area (TPSA) is 0 Å². The molecule has 0 nitrogen and oxygen atoms in total. The molecule has 0 radical (unpaired) electrons. The first-order valence-electron chi connectivity index (χ1n) is 4.50. The van der Waals surface area contributed by atoms with Crippen molar-refractivity contribution < 1.29 is 0 Å². The predicted octanol–water partition coefficient (Wildman–Crippen LogP) is 3.79. The van der Waals surface area contributed by atoms with Crippen LogP contribution in [0.4, 0.5) is 0 Å². The van der Waals surface area contributed by atoms with Crippen LogP contribution in [0.5, 0.6) is 0 Å². The van der Waals surface area contributed by atoms with Crippen LogP contribution in [0.3, 0.4) is 0 Å². The fraction of sp³-hybridized carbons (Fsp3) is 0.455. The highest BCUT2D eigenvalue weighted by Crippen LogP contribution is 2.39. The highest BCUT2D eigenvalue weighted by atomic mass is 127. The summed E-state index contributed by atoms with van der Waals surface area (Å²) >= 11 is 2.63. The fourth-order valence-electron chi connectivity index (χ4n) is 1.76. The number of halogens is 1. The molecule has 0 amide bonds. The van der Waals surface area contributed by atoms with Crippen molar-refractivity contribution in [1.29, 1.82) is 0 Å². The van der Waals surface area contributed by atoms with Gasteiger partial charge in [0.15, 0.2) is 0 Å². The van der Waals surface area contributed by atoms with Crippen LogP contribution in [0.25, 0.3) is 0 Å². The largest absolute Gasteiger partial charge is 0.0832 e. The SMILES string of the molecule is IC12CC=C(/C=C\C=C/C1)CC2. The first-order valence-corrected chi connectivity index (χ1v) is 5.58. The molecule has 12 heavy (non-hydrogen) atoms. The van der Waals surface area contributed by atoms with Crippen molar-refractivity contribution >= 4 is 22.6 Å². The standard InChI is InChI=1S/C11H13I/c12-11-7-3-1-2-4-10(5-8-11)6-9-11/h1-5H,6-9H2/b3-1-,4-2-. The molecule has 0 aromatic carbocycles. The van der Waals surface area contributed by atoms with E-state index >= 15 is 0 Å². The highest BCUT2D eigenvalue weighted by Gasteiger charge is 2.27. The van der Waals surface area contributed by atoms with E-state index in [1.54, 1.807) is 0 Å². The third-order valence-electron chi connectivity index (χ3n) is 2.63. The molecule has 0 aliphatic heterocycles. The van der Waals surface area contributed by atoms with Gasteiger partial charge in [0, 0.05) is 3.42 Å². The van der Waals surface area contributed by atoms with E-state index in [1.165, 1.54) is 31.3 Å². The van der Waals surface area contributed by atoms with Crippen molar-refractivity contribution in [1.82, 2.24) is 0 Å². The Kier molecular flexibility index (Phi) is 2.40. The Labute approximate surface area is 87.6 Å². The summed E-state index contributed by atoms with van der Waals surface area (Å²) in [5.41, 5.74) is 1.52. The van der Waals surface area contributed by atoms with Gasteiger partial charge in [0.1, 0.15) is 0 Å². The third kappa shape index (κ3) is 1.82. The van der Waals surface area contributed by atoms with Crippen LogP contribution in [0.1, 0.15) is 25.7 Å². The molecular formula is C11H13I. The molecule has 3 rings (SSSR count). The lowest BCUT2D eigenvalue weighted by molar-refractivity contribution is 0.558. The van der Waals surface area contributed by atoms with Gasteiger partial charge in [-0.25, -0.2) is 0 Å². The molecule has 0 fully saturated rings. The number of rotatable bonds is 0. The van der Waals surface area contributed by atoms with E-state index in [2.05, 4.69) is 53.0 Å². The average Bonchev–Trinajstić information content (AvgIpc) is 2.20. The summed E-state index contributed by atoms with van der Waals surface area (Å²) in [5, 5.41) is 0. The summed E-state index contributed by atoms with van der Waals surface area (Å²) in [6.07, 6.45) is 16.4. The Morgan fingerprint density at radius 2 is 2.17 bits per heavy atom. The minimum absolute atomic E-state index is 0.518. The normalized spacial score (nSPS) is 39.2. The lowest BCUT2D eigenvalue weighted by Gasteiger charge is -2.28. The molecular weight excluding hydrogens is 259 g/mol. The molecule has 0 aromatic heterocycles. The maximum Gasteiger partial charge on any atom is 0.0294 e. The molecule has 64 valence electrons. The molecule has 0 saturated heterocycles. The second-order valence-corrected chi connectivity index (χ2v) is 5.91. The lowest BCUT2D eigenvalue weighted by Crippen LogP contribution is -2.21. The average molecular weight is 272 g/mol. The monoisotopic (exact) mass is 272 g/mol. The Morgan fingerprint density at radius 3 is 2.92 bits per heavy atom. The predicted molar refractivity (Wildman–Crippen MR) is 61.6 cm³/mol. The summed E-state index contributed by atoms with van der Waals surface area (Å²) in [6.45, 7) is 0. The Balaban J connectivity index is 2.29. The second-order valence-electron chi connectivity index (χ2n) is 3.63. The molecule has 1 heteroatoms. The molecule has 0 aromatic rings. The zero-order valence-electron chi connectivity index (χ0n) is 7.09. The second kappa shape index (κ2) is 3.36. The quantitative estimate of drug-likeness (QED) is 0.465. The number of hydrogen-bond donors (Lipinski definition) is 0. The number of hydrogen-bond acceptors (Lipinski definition) is 0. The number of allylic oxidation sites excluding steroid dienone is 6. The van der Waals surface area contributed by atoms with Crippen molar-refractivity contribution in [2.75, 3.05) is 0 Å². The Hall–Kier alpha value is -0.0500. The Bertz CT molecular complexity index is 260. The first kappa shape index (κ1) is 8.54. The van der Waals surface area contributed by atoms with E-state index in [0.29, 0.717) is 3.42 Å². The van der Waals surface area contributed by atoms with E-state index < -0.39 is 0 Å². The minimum atomic E-state index is 0.518. The fourth-order valence-corrected chi connectivity index (χ4v) is 2.50. The van der Waals surface area contributed by atoms with Crippen LogP contribution in [-0.4, -0.2) is 3.42 Å². The smallest absolute Gasteiger partial charge is 0.0294 e. The molecule has 0 saturated carbocycles. The van der Waals surface area contributed by atoms with Crippen LogP contribution in [0.15, 0.2) is 36.0 Å². The van der Waals surface area contributed by atoms with Gasteiger partial charge in [0.2, 0.25) is 0 Å². The highest BCUT2D eigenvalue weighted by molar-refractivity contribution is 14.1. The van der Waals surface area contributed by atoms with Gasteiger partial charge in [-0.05, 0) is 25.7 Å². The maximum atomic E-state index is 2.63. The molecule has 2 bridgehead atoms. The van der Waals surface area contributed by atoms with E-state index in [9.17, 15) is 0 Å². The maximum absolute atomic E-state index is 2.63. The number of fused-ring (bicyclic) bond motifs is 4. The van der Waals surface area contributed by atoms with Crippen LogP contribution in [-0.2, 0) is 0 Å². The first-order chi connectivity index (χ1) is 5.79. The Morgan fingerprint density at radius 1 is 1.25 bits per heavy atom. The van der Waals surface area contributed by atoms with Gasteiger partial charge >= 0.3 is 0 Å². The van der Waals surface area contributed by atoms with E-state index in [-0.39, 0.29) is 0 Å². The van der Waals surface area contributed by atoms with Crippen molar-refractivity contribution in [3.63, 3.8) is 0 Å². The van der Waals surface area contributed by atoms with Gasteiger partial charge in [0.25, 0.3) is 0 Å². The summed E-state index contributed by atoms with van der Waals surface area (Å²) in [6, 6.07) is 0. The molecule has 0 N–H and O–H groups in total. The zero-order chi connectivity index (χ0) is 8.44. The van der Waals surface area contributed by atoms with Gasteiger partial charge in [0.05, 0.1) is 0 Å². The van der Waals surface area contributed by atoms with E-state index in [1.807, 2.05) is 0 Å². The zero-order valence-corrected chi connectivity index (χ0v) is 9.25. The van der Waals surface area contributed by atoms with Crippen LogP contribution < -0.4 is 0 Å². The van der Waals surface area contributed by atoms with Crippen LogP contribution >= 0.6 is 22.6 Å². The molecule has 0 heterocycles. The van der Waals surface area contributed by atoms with Gasteiger partial charge < -0.3 is 0 Å². The van der Waals surface area contributed by atoms with Gasteiger partial charge in [-0.3, -0.25) is 0 Å². The van der Waals surface area contributed by atoms with Gasteiger partial charge in [-0.1, -0.05) is 58.5 Å². The molecule has 0 spiro atoms. The van der Waals surface area contributed by atoms with Crippen molar-refractivity contribution in [3.05, 3.63) is 36.0 Å². The number of alkyl halides is 1. The summed E-state index contributed by atoms with van der Waals surface area (Å²) in [7, 11) is 0. The minimum Gasteiger partial charge on any atom is -0.0832 e.